The van der Waals surface area contributed by atoms with Crippen molar-refractivity contribution in [2.45, 2.75) is 20.1 Å². The van der Waals surface area contributed by atoms with E-state index in [2.05, 4.69) is 0 Å². The van der Waals surface area contributed by atoms with Crippen molar-refractivity contribution in [2.75, 3.05) is 0 Å². The summed E-state index contributed by atoms with van der Waals surface area (Å²) < 4.78 is 5.50. The van der Waals surface area contributed by atoms with Gasteiger partial charge in [-0.1, -0.05) is 29.8 Å². The molecule has 0 fully saturated rings. The molecule has 0 aromatic heterocycles. The van der Waals surface area contributed by atoms with E-state index in [4.69, 9.17) is 21.4 Å². The van der Waals surface area contributed by atoms with Gasteiger partial charge in [0, 0.05) is 16.7 Å². The van der Waals surface area contributed by atoms with Crippen LogP contribution in [0.1, 0.15) is 16.7 Å². The highest BCUT2D eigenvalue weighted by atomic mass is 35.5. The first kappa shape index (κ1) is 15.3. The molecule has 1 N–H and O–H groups in total. The molecule has 2 rings (SSSR count). The number of nitro benzene ring substituents is 1. The summed E-state index contributed by atoms with van der Waals surface area (Å²) in [5.41, 5.74) is 2.07. The molecule has 21 heavy (non-hydrogen) atoms. The first-order valence-electron chi connectivity index (χ1n) is 6.27. The number of nitrogens with zero attached hydrogens (tertiary/aromatic N) is 1. The monoisotopic (exact) mass is 307 g/mol. The lowest BCUT2D eigenvalue weighted by atomic mass is 10.1. The number of benzene rings is 2. The lowest BCUT2D eigenvalue weighted by Crippen LogP contribution is -2.01. The van der Waals surface area contributed by atoms with E-state index in [-0.39, 0.29) is 24.7 Å². The van der Waals surface area contributed by atoms with E-state index in [1.807, 2.05) is 25.1 Å². The number of hydrogen-bond acceptors (Lipinski definition) is 4. The molecule has 0 aliphatic rings. The van der Waals surface area contributed by atoms with Crippen molar-refractivity contribution in [1.82, 2.24) is 0 Å². The van der Waals surface area contributed by atoms with E-state index < -0.39 is 4.92 Å². The molecular formula is C15H14ClNO4. The minimum absolute atomic E-state index is 0.137. The van der Waals surface area contributed by atoms with Crippen molar-refractivity contribution in [3.8, 4) is 5.75 Å². The van der Waals surface area contributed by atoms with Gasteiger partial charge in [-0.25, -0.2) is 0 Å². The van der Waals surface area contributed by atoms with Gasteiger partial charge in [-0.15, -0.1) is 0 Å². The minimum atomic E-state index is -0.536. The number of aliphatic hydroxyl groups excluding tert-OH is 1. The number of nitro groups is 1. The van der Waals surface area contributed by atoms with E-state index in [0.717, 1.165) is 11.1 Å². The fraction of sp³-hybridized carbons (Fsp3) is 0.200. The first-order chi connectivity index (χ1) is 10.0. The number of aliphatic hydroxyl groups is 1. The predicted octanol–water partition coefficient (Wildman–Crippen LogP) is 3.63. The molecule has 0 aliphatic heterocycles. The summed E-state index contributed by atoms with van der Waals surface area (Å²) in [4.78, 5) is 10.5. The maximum absolute atomic E-state index is 11.0. The summed E-state index contributed by atoms with van der Waals surface area (Å²) in [6, 6.07) is 9.89. The number of aryl methyl sites for hydroxylation is 1. The van der Waals surface area contributed by atoms with Crippen LogP contribution < -0.4 is 4.74 Å². The lowest BCUT2D eigenvalue weighted by Gasteiger charge is -2.09. The molecular weight excluding hydrogens is 294 g/mol. The van der Waals surface area contributed by atoms with Gasteiger partial charge in [0.2, 0.25) is 0 Å². The molecule has 110 valence electrons. The molecule has 0 amide bonds. The smallest absolute Gasteiger partial charge is 0.311 e. The summed E-state index contributed by atoms with van der Waals surface area (Å²) in [5, 5.41) is 20.6. The van der Waals surface area contributed by atoms with E-state index in [9.17, 15) is 10.1 Å². The van der Waals surface area contributed by atoms with Crippen LogP contribution in [-0.2, 0) is 13.2 Å². The normalized spacial score (nSPS) is 10.4. The highest BCUT2D eigenvalue weighted by molar-refractivity contribution is 6.31. The van der Waals surface area contributed by atoms with Crippen LogP contribution in [0.2, 0.25) is 5.02 Å². The van der Waals surface area contributed by atoms with Crippen LogP contribution >= 0.6 is 11.6 Å². The molecule has 6 heteroatoms. The van der Waals surface area contributed by atoms with Gasteiger partial charge < -0.3 is 9.84 Å². The maximum atomic E-state index is 11.0. The maximum Gasteiger partial charge on any atom is 0.311 e. The molecule has 0 bridgehead atoms. The fourth-order valence-corrected chi connectivity index (χ4v) is 2.14. The summed E-state index contributed by atoms with van der Waals surface area (Å²) in [5.74, 6) is 0.147. The van der Waals surface area contributed by atoms with Crippen LogP contribution in [0.25, 0.3) is 0 Å². The Kier molecular flexibility index (Phi) is 4.77. The molecule has 0 saturated heterocycles. The predicted molar refractivity (Wildman–Crippen MR) is 79.5 cm³/mol. The molecule has 2 aromatic carbocycles. The minimum Gasteiger partial charge on any atom is -0.482 e. The molecule has 0 aliphatic carbocycles. The van der Waals surface area contributed by atoms with Gasteiger partial charge >= 0.3 is 5.69 Å². The highest BCUT2D eigenvalue weighted by Crippen LogP contribution is 2.29. The van der Waals surface area contributed by atoms with Crippen LogP contribution in [0, 0.1) is 17.0 Å². The zero-order valence-electron chi connectivity index (χ0n) is 11.4. The Balaban J connectivity index is 2.21. The molecule has 0 atom stereocenters. The Bertz CT molecular complexity index is 673. The van der Waals surface area contributed by atoms with Gasteiger partial charge in [-0.2, -0.15) is 0 Å². The van der Waals surface area contributed by atoms with E-state index in [0.29, 0.717) is 10.6 Å². The number of ether oxygens (including phenoxy) is 1. The Labute approximate surface area is 126 Å². The first-order valence-corrected chi connectivity index (χ1v) is 6.65. The Morgan fingerprint density at radius 3 is 2.67 bits per heavy atom. The third kappa shape index (κ3) is 3.71. The van der Waals surface area contributed by atoms with Gasteiger partial charge in [0.25, 0.3) is 0 Å². The second-order valence-corrected chi connectivity index (χ2v) is 5.01. The molecule has 5 nitrogen and oxygen atoms in total. The standard InChI is InChI=1S/C15H14ClNO4/c1-10-2-4-12(13(16)6-10)9-21-15-5-3-11(8-18)7-14(15)17(19)20/h2-7,18H,8-9H2,1H3. The number of rotatable bonds is 5. The third-order valence-corrected chi connectivity index (χ3v) is 3.35. The van der Waals surface area contributed by atoms with Gasteiger partial charge in [-0.05, 0) is 30.2 Å². The van der Waals surface area contributed by atoms with Crippen molar-refractivity contribution in [1.29, 1.82) is 0 Å². The molecule has 2 aromatic rings. The van der Waals surface area contributed by atoms with Crippen molar-refractivity contribution >= 4 is 17.3 Å². The van der Waals surface area contributed by atoms with E-state index in [1.165, 1.54) is 12.1 Å². The molecule has 0 radical (unpaired) electrons. The van der Waals surface area contributed by atoms with Crippen LogP contribution in [-0.4, -0.2) is 10.0 Å². The van der Waals surface area contributed by atoms with Crippen LogP contribution in [0.5, 0.6) is 5.75 Å². The lowest BCUT2D eigenvalue weighted by molar-refractivity contribution is -0.386. The van der Waals surface area contributed by atoms with E-state index in [1.54, 1.807) is 6.07 Å². The highest BCUT2D eigenvalue weighted by Gasteiger charge is 2.16. The second kappa shape index (κ2) is 6.56. The van der Waals surface area contributed by atoms with Gasteiger partial charge in [-0.3, -0.25) is 10.1 Å². The third-order valence-electron chi connectivity index (χ3n) is 2.99. The SMILES string of the molecule is Cc1ccc(COc2ccc(CO)cc2[N+](=O)[O-])c(Cl)c1. The zero-order valence-corrected chi connectivity index (χ0v) is 12.1. The number of hydrogen-bond donors (Lipinski definition) is 1. The van der Waals surface area contributed by atoms with Crippen LogP contribution in [0.3, 0.4) is 0 Å². The topological polar surface area (TPSA) is 72.6 Å². The molecule has 0 heterocycles. The van der Waals surface area contributed by atoms with Crippen molar-refractivity contribution in [3.05, 3.63) is 68.2 Å². The summed E-state index contributed by atoms with van der Waals surface area (Å²) in [6.07, 6.45) is 0. The molecule has 0 unspecified atom stereocenters. The summed E-state index contributed by atoms with van der Waals surface area (Å²) in [7, 11) is 0. The average Bonchev–Trinajstić information content (AvgIpc) is 2.46. The fourth-order valence-electron chi connectivity index (χ4n) is 1.85. The van der Waals surface area contributed by atoms with Crippen LogP contribution in [0.15, 0.2) is 36.4 Å². The zero-order chi connectivity index (χ0) is 15.4. The van der Waals surface area contributed by atoms with E-state index >= 15 is 0 Å². The number of halogens is 1. The van der Waals surface area contributed by atoms with Crippen molar-refractivity contribution in [3.63, 3.8) is 0 Å². The Morgan fingerprint density at radius 2 is 2.05 bits per heavy atom. The summed E-state index contributed by atoms with van der Waals surface area (Å²) >= 11 is 6.10. The largest absolute Gasteiger partial charge is 0.482 e. The van der Waals surface area contributed by atoms with Crippen LogP contribution in [0.4, 0.5) is 5.69 Å². The Hall–Kier alpha value is -2.11. The van der Waals surface area contributed by atoms with Crippen molar-refractivity contribution in [2.24, 2.45) is 0 Å². The van der Waals surface area contributed by atoms with Gasteiger partial charge in [0.05, 0.1) is 11.5 Å². The Morgan fingerprint density at radius 1 is 1.29 bits per heavy atom. The average molecular weight is 308 g/mol. The van der Waals surface area contributed by atoms with Crippen molar-refractivity contribution < 1.29 is 14.8 Å². The molecule has 0 saturated carbocycles. The van der Waals surface area contributed by atoms with Gasteiger partial charge in [0.1, 0.15) is 6.61 Å². The quantitative estimate of drug-likeness (QED) is 0.676. The second-order valence-electron chi connectivity index (χ2n) is 4.60. The molecule has 0 spiro atoms. The summed E-state index contributed by atoms with van der Waals surface area (Å²) in [6.45, 7) is 1.80. The van der Waals surface area contributed by atoms with Gasteiger partial charge in [0.15, 0.2) is 5.75 Å².